The smallest absolute Gasteiger partial charge is 0.339 e. The van der Waals surface area contributed by atoms with Gasteiger partial charge in [0.15, 0.2) is 0 Å². The highest BCUT2D eigenvalue weighted by molar-refractivity contribution is 6.38. The maximum absolute atomic E-state index is 11.4. The van der Waals surface area contributed by atoms with Gasteiger partial charge in [-0.3, -0.25) is 4.79 Å². The zero-order valence-corrected chi connectivity index (χ0v) is 10.2. The predicted molar refractivity (Wildman–Crippen MR) is 66.9 cm³/mol. The fourth-order valence-corrected chi connectivity index (χ4v) is 1.65. The zero-order valence-electron chi connectivity index (χ0n) is 8.67. The highest BCUT2D eigenvalue weighted by Gasteiger charge is 2.19. The molecule has 1 aromatic carbocycles. The van der Waals surface area contributed by atoms with Crippen LogP contribution in [0.5, 0.6) is 0 Å². The van der Waals surface area contributed by atoms with Crippen LogP contribution in [-0.4, -0.2) is 17.0 Å². The average Bonchev–Trinajstić information content (AvgIpc) is 2.23. The van der Waals surface area contributed by atoms with Crippen molar-refractivity contribution in [3.05, 3.63) is 40.4 Å². The minimum Gasteiger partial charge on any atom is -0.478 e. The van der Waals surface area contributed by atoms with Crippen molar-refractivity contribution >= 4 is 40.8 Å². The van der Waals surface area contributed by atoms with Crippen molar-refractivity contribution in [2.24, 2.45) is 0 Å². The fourth-order valence-electron chi connectivity index (χ4n) is 1.20. The van der Waals surface area contributed by atoms with Crippen LogP contribution in [0.4, 0.5) is 5.69 Å². The molecule has 0 saturated heterocycles. The third kappa shape index (κ3) is 3.22. The largest absolute Gasteiger partial charge is 0.478 e. The molecular weight excluding hydrogens is 265 g/mol. The lowest BCUT2D eigenvalue weighted by molar-refractivity contribution is -0.115. The summed E-state index contributed by atoms with van der Waals surface area (Å²) in [6.45, 7) is 3.40. The van der Waals surface area contributed by atoms with Crippen LogP contribution in [0.15, 0.2) is 24.8 Å². The van der Waals surface area contributed by atoms with Gasteiger partial charge >= 0.3 is 5.97 Å². The molecule has 1 amide bonds. The Morgan fingerprint density at radius 2 is 1.94 bits per heavy atom. The Bertz CT molecular complexity index is 486. The number of anilines is 1. The van der Waals surface area contributed by atoms with E-state index in [1.54, 1.807) is 0 Å². The second kappa shape index (κ2) is 5.70. The first-order chi connectivity index (χ1) is 7.97. The van der Waals surface area contributed by atoms with E-state index >= 15 is 0 Å². The Morgan fingerprint density at radius 1 is 1.35 bits per heavy atom. The molecular formula is C11H9Cl2NO3. The summed E-state index contributed by atoms with van der Waals surface area (Å²) < 4.78 is 0. The molecule has 2 N–H and O–H groups in total. The molecule has 0 atom stereocenters. The summed E-state index contributed by atoms with van der Waals surface area (Å²) >= 11 is 11.6. The molecule has 0 bridgehead atoms. The SMILES string of the molecule is C=CCC(=O)Nc1c(Cl)ccc(Cl)c1C(=O)O. The Kier molecular flexibility index (Phi) is 4.54. The number of nitrogens with one attached hydrogen (secondary N) is 1. The molecule has 0 heterocycles. The molecule has 0 aliphatic carbocycles. The van der Waals surface area contributed by atoms with E-state index in [9.17, 15) is 9.59 Å². The van der Waals surface area contributed by atoms with Gasteiger partial charge in [0.1, 0.15) is 5.56 Å². The lowest BCUT2D eigenvalue weighted by Crippen LogP contribution is -2.14. The number of rotatable bonds is 4. The Labute approximate surface area is 108 Å². The lowest BCUT2D eigenvalue weighted by Gasteiger charge is -2.10. The number of carboxylic acid groups (broad SMARTS) is 1. The number of halogens is 2. The summed E-state index contributed by atoms with van der Waals surface area (Å²) in [5.41, 5.74) is -0.227. The summed E-state index contributed by atoms with van der Waals surface area (Å²) in [6, 6.07) is 2.77. The average molecular weight is 274 g/mol. The molecule has 0 saturated carbocycles. The van der Waals surface area contributed by atoms with Gasteiger partial charge in [-0.05, 0) is 12.1 Å². The Morgan fingerprint density at radius 3 is 2.47 bits per heavy atom. The van der Waals surface area contributed by atoms with Crippen LogP contribution in [0.25, 0.3) is 0 Å². The fraction of sp³-hybridized carbons (Fsp3) is 0.0909. The summed E-state index contributed by atoms with van der Waals surface area (Å²) in [5.74, 6) is -1.67. The molecule has 0 aliphatic heterocycles. The molecule has 1 rings (SSSR count). The van der Waals surface area contributed by atoms with Gasteiger partial charge in [0.05, 0.1) is 15.7 Å². The highest BCUT2D eigenvalue weighted by Crippen LogP contribution is 2.31. The molecule has 0 unspecified atom stereocenters. The van der Waals surface area contributed by atoms with E-state index in [1.165, 1.54) is 18.2 Å². The van der Waals surface area contributed by atoms with E-state index in [0.29, 0.717) is 0 Å². The minimum atomic E-state index is -1.26. The third-order valence-corrected chi connectivity index (χ3v) is 2.54. The summed E-state index contributed by atoms with van der Waals surface area (Å²) in [7, 11) is 0. The van der Waals surface area contributed by atoms with E-state index in [-0.39, 0.29) is 27.7 Å². The molecule has 17 heavy (non-hydrogen) atoms. The molecule has 0 fully saturated rings. The number of carbonyl (C=O) groups is 2. The quantitative estimate of drug-likeness (QED) is 0.828. The van der Waals surface area contributed by atoms with E-state index in [2.05, 4.69) is 11.9 Å². The van der Waals surface area contributed by atoms with E-state index in [0.717, 1.165) is 0 Å². The van der Waals surface area contributed by atoms with Crippen LogP contribution >= 0.6 is 23.2 Å². The van der Waals surface area contributed by atoms with Crippen LogP contribution in [-0.2, 0) is 4.79 Å². The van der Waals surface area contributed by atoms with Gasteiger partial charge in [-0.15, -0.1) is 6.58 Å². The minimum absolute atomic E-state index is 0.00137. The Balaban J connectivity index is 3.21. The normalized spacial score (nSPS) is 9.76. The molecule has 0 aromatic heterocycles. The molecule has 6 heteroatoms. The van der Waals surface area contributed by atoms with Crippen LogP contribution in [0.1, 0.15) is 16.8 Å². The van der Waals surface area contributed by atoms with E-state index in [1.807, 2.05) is 0 Å². The maximum Gasteiger partial charge on any atom is 0.339 e. The molecule has 0 radical (unpaired) electrons. The Hall–Kier alpha value is -1.52. The number of amides is 1. The first kappa shape index (κ1) is 13.5. The highest BCUT2D eigenvalue weighted by atomic mass is 35.5. The van der Waals surface area contributed by atoms with Crippen LogP contribution < -0.4 is 5.32 Å². The van der Waals surface area contributed by atoms with Crippen molar-refractivity contribution in [1.29, 1.82) is 0 Å². The number of hydrogen-bond acceptors (Lipinski definition) is 2. The number of hydrogen-bond donors (Lipinski definition) is 2. The second-order valence-electron chi connectivity index (χ2n) is 3.13. The summed E-state index contributed by atoms with van der Waals surface area (Å²) in [5, 5.41) is 11.5. The summed E-state index contributed by atoms with van der Waals surface area (Å²) in [6.07, 6.45) is 1.45. The van der Waals surface area contributed by atoms with Crippen molar-refractivity contribution in [2.75, 3.05) is 5.32 Å². The molecule has 90 valence electrons. The van der Waals surface area contributed by atoms with Crippen molar-refractivity contribution in [2.45, 2.75) is 6.42 Å². The van der Waals surface area contributed by atoms with Crippen molar-refractivity contribution in [3.63, 3.8) is 0 Å². The predicted octanol–water partition coefficient (Wildman–Crippen LogP) is 3.21. The first-order valence-electron chi connectivity index (χ1n) is 4.59. The lowest BCUT2D eigenvalue weighted by atomic mass is 10.1. The van der Waals surface area contributed by atoms with Gasteiger partial charge in [0, 0.05) is 6.42 Å². The van der Waals surface area contributed by atoms with E-state index in [4.69, 9.17) is 28.3 Å². The van der Waals surface area contributed by atoms with E-state index < -0.39 is 11.9 Å². The number of carboxylic acids is 1. The number of benzene rings is 1. The zero-order chi connectivity index (χ0) is 13.0. The second-order valence-corrected chi connectivity index (χ2v) is 3.94. The van der Waals surface area contributed by atoms with Crippen LogP contribution in [0.3, 0.4) is 0 Å². The summed E-state index contributed by atoms with van der Waals surface area (Å²) in [4.78, 5) is 22.4. The number of aromatic carboxylic acids is 1. The van der Waals surface area contributed by atoms with Gasteiger partial charge in [0.2, 0.25) is 5.91 Å². The van der Waals surface area contributed by atoms with Gasteiger partial charge in [-0.25, -0.2) is 4.79 Å². The van der Waals surface area contributed by atoms with Gasteiger partial charge in [-0.2, -0.15) is 0 Å². The molecule has 0 spiro atoms. The maximum atomic E-state index is 11.4. The van der Waals surface area contributed by atoms with Crippen LogP contribution in [0.2, 0.25) is 10.0 Å². The third-order valence-electron chi connectivity index (χ3n) is 1.91. The molecule has 4 nitrogen and oxygen atoms in total. The number of carbonyl (C=O) groups excluding carboxylic acids is 1. The monoisotopic (exact) mass is 273 g/mol. The first-order valence-corrected chi connectivity index (χ1v) is 5.35. The molecule has 0 aliphatic rings. The van der Waals surface area contributed by atoms with Gasteiger partial charge in [0.25, 0.3) is 0 Å². The van der Waals surface area contributed by atoms with Crippen LogP contribution in [0, 0.1) is 0 Å². The van der Waals surface area contributed by atoms with Crippen molar-refractivity contribution in [3.8, 4) is 0 Å². The van der Waals surface area contributed by atoms with Crippen molar-refractivity contribution < 1.29 is 14.7 Å². The molecule has 1 aromatic rings. The van der Waals surface area contributed by atoms with Gasteiger partial charge in [-0.1, -0.05) is 29.3 Å². The standard InChI is InChI=1S/C11H9Cl2NO3/c1-2-3-8(15)14-10-7(13)5-4-6(12)9(10)11(16)17/h2,4-5H,1,3H2,(H,14,15)(H,16,17). The van der Waals surface area contributed by atoms with Crippen molar-refractivity contribution in [1.82, 2.24) is 0 Å². The topological polar surface area (TPSA) is 66.4 Å². The van der Waals surface area contributed by atoms with Gasteiger partial charge < -0.3 is 10.4 Å².